The van der Waals surface area contributed by atoms with Crippen molar-refractivity contribution in [2.75, 3.05) is 6.61 Å². The van der Waals surface area contributed by atoms with E-state index in [1.165, 1.54) is 6.33 Å². The van der Waals surface area contributed by atoms with Crippen molar-refractivity contribution >= 4 is 57.2 Å². The molecule has 2 aromatic carbocycles. The van der Waals surface area contributed by atoms with Crippen molar-refractivity contribution in [2.24, 2.45) is 0 Å². The summed E-state index contributed by atoms with van der Waals surface area (Å²) in [5, 5.41) is 18.9. The Bertz CT molecular complexity index is 1910. The maximum atomic E-state index is 14.3. The minimum Gasteiger partial charge on any atom is -0.387 e. The van der Waals surface area contributed by atoms with E-state index in [1.807, 2.05) is 57.6 Å². The van der Waals surface area contributed by atoms with E-state index in [1.54, 1.807) is 0 Å². The minimum absolute atomic E-state index is 0. The van der Waals surface area contributed by atoms with Crippen LogP contribution >= 0.6 is 0 Å². The molecule has 2 aliphatic rings. The van der Waals surface area contributed by atoms with E-state index in [9.17, 15) is 14.7 Å². The number of benzene rings is 2. The summed E-state index contributed by atoms with van der Waals surface area (Å²) in [5.41, 5.74) is 4.64. The topological polar surface area (TPSA) is 141 Å². The second kappa shape index (κ2) is 14.2. The van der Waals surface area contributed by atoms with Crippen LogP contribution in [-0.4, -0.2) is 104 Å². The average Bonchev–Trinajstić information content (AvgIpc) is 3.71. The van der Waals surface area contributed by atoms with Gasteiger partial charge in [-0.3, -0.25) is 18.9 Å². The van der Waals surface area contributed by atoms with Gasteiger partial charge in [0, 0.05) is 75.0 Å². The summed E-state index contributed by atoms with van der Waals surface area (Å²) in [6, 6.07) is 15.8. The Morgan fingerprint density at radius 3 is 2.43 bits per heavy atom. The third-order valence-electron chi connectivity index (χ3n) is 9.46. The van der Waals surface area contributed by atoms with Gasteiger partial charge in [0.05, 0.1) is 24.0 Å². The first kappa shape index (κ1) is 33.2. The number of aromatic nitrogens is 6. The van der Waals surface area contributed by atoms with Crippen molar-refractivity contribution in [1.82, 2.24) is 29.3 Å². The number of hydrogen-bond donors (Lipinski definition) is 2. The fourth-order valence-corrected chi connectivity index (χ4v) is 6.84. The zero-order chi connectivity index (χ0) is 31.0. The molecule has 12 heteroatoms. The summed E-state index contributed by atoms with van der Waals surface area (Å²) in [5.74, 6) is 0.373. The number of hydrogen-bond acceptors (Lipinski definition) is 8. The molecule has 0 unspecified atom stereocenters. The summed E-state index contributed by atoms with van der Waals surface area (Å²) in [6.45, 7) is 2.50. The summed E-state index contributed by atoms with van der Waals surface area (Å²) in [4.78, 5) is 33.1. The third kappa shape index (κ3) is 6.66. The van der Waals surface area contributed by atoms with Crippen LogP contribution in [0.3, 0.4) is 0 Å². The van der Waals surface area contributed by atoms with E-state index in [0.29, 0.717) is 24.6 Å². The number of ether oxygens (including phenoxy) is 1. The van der Waals surface area contributed by atoms with Gasteiger partial charge in [0.15, 0.2) is 5.82 Å². The van der Waals surface area contributed by atoms with Crippen molar-refractivity contribution in [1.29, 1.82) is 0 Å². The van der Waals surface area contributed by atoms with Crippen molar-refractivity contribution < 1.29 is 14.4 Å². The van der Waals surface area contributed by atoms with Gasteiger partial charge >= 0.3 is 5.76 Å². The number of rotatable bonds is 10. The Kier molecular flexibility index (Phi) is 10.2. The minimum atomic E-state index is -0.648. The van der Waals surface area contributed by atoms with Crippen LogP contribution in [0.15, 0.2) is 69.0 Å². The van der Waals surface area contributed by atoms with Crippen molar-refractivity contribution in [3.8, 4) is 22.5 Å². The number of nitrogens with one attached hydrogen (secondary N) is 1. The predicted octanol–water partition coefficient (Wildman–Crippen LogP) is 4.48. The largest absolute Gasteiger partial charge is 0.439 e. The fourth-order valence-electron chi connectivity index (χ4n) is 6.84. The number of fused-ring (bicyclic) bond motifs is 1. The number of aromatic amines is 1. The van der Waals surface area contributed by atoms with Gasteiger partial charge < -0.3 is 9.84 Å². The molecule has 2 fully saturated rings. The van der Waals surface area contributed by atoms with Crippen LogP contribution in [-0.2, 0) is 17.6 Å². The molecule has 2 aliphatic carbocycles. The van der Waals surface area contributed by atoms with Gasteiger partial charge in [0.25, 0.3) is 5.56 Å². The molecular weight excluding hydrogens is 612 g/mol. The first-order valence-corrected chi connectivity index (χ1v) is 16.0. The standard InChI is InChI=1S/C34H38N6O5.K/c1-2-6-29-28(19-22-9-11-23(12-10-22)26-7-3-4-8-27(26)30-37-33(42)45-38-30)31(41)39(32-35-21-36-40(29)32)24-13-15-25(16-14-24)44-20-34(43)17-5-18-34;/h3-4,7-12,21,24-25,43H,2,5-6,13-20H2,1H3,(H,37,38,42);. The van der Waals surface area contributed by atoms with Crippen LogP contribution in [0.5, 0.6) is 0 Å². The molecule has 46 heavy (non-hydrogen) atoms. The zero-order valence-corrected chi connectivity index (χ0v) is 29.6. The molecule has 0 bridgehead atoms. The Balaban J connectivity index is 0.00000372. The molecule has 1 radical (unpaired) electrons. The van der Waals surface area contributed by atoms with Crippen LogP contribution in [0.4, 0.5) is 0 Å². The molecule has 7 rings (SSSR count). The van der Waals surface area contributed by atoms with E-state index >= 15 is 0 Å². The Hall–Kier alpha value is -2.71. The Morgan fingerprint density at radius 1 is 1.04 bits per heavy atom. The molecule has 0 aliphatic heterocycles. The van der Waals surface area contributed by atoms with E-state index in [0.717, 1.165) is 91.3 Å². The molecule has 235 valence electrons. The van der Waals surface area contributed by atoms with Gasteiger partial charge in [0.1, 0.15) is 6.33 Å². The van der Waals surface area contributed by atoms with Gasteiger partial charge in [-0.1, -0.05) is 67.0 Å². The molecule has 3 aromatic heterocycles. The summed E-state index contributed by atoms with van der Waals surface area (Å²) < 4.78 is 14.6. The third-order valence-corrected chi connectivity index (χ3v) is 9.46. The summed E-state index contributed by atoms with van der Waals surface area (Å²) >= 11 is 0. The molecule has 5 aromatic rings. The van der Waals surface area contributed by atoms with E-state index < -0.39 is 11.4 Å². The number of aryl methyl sites for hydroxylation is 1. The van der Waals surface area contributed by atoms with Crippen molar-refractivity contribution in [3.05, 3.63) is 92.6 Å². The molecule has 11 nitrogen and oxygen atoms in total. The van der Waals surface area contributed by atoms with Crippen LogP contribution in [0.25, 0.3) is 28.3 Å². The maximum absolute atomic E-state index is 14.3. The van der Waals surface area contributed by atoms with Crippen molar-refractivity contribution in [3.63, 3.8) is 0 Å². The smallest absolute Gasteiger partial charge is 0.387 e. The Labute approximate surface area is 308 Å². The first-order valence-electron chi connectivity index (χ1n) is 16.0. The van der Waals surface area contributed by atoms with Gasteiger partial charge in [-0.15, -0.1) is 0 Å². The monoisotopic (exact) mass is 649 g/mol. The van der Waals surface area contributed by atoms with Gasteiger partial charge in [-0.25, -0.2) is 9.31 Å². The van der Waals surface area contributed by atoms with E-state index in [2.05, 4.69) is 27.1 Å². The summed E-state index contributed by atoms with van der Waals surface area (Å²) in [7, 11) is 0. The number of nitrogens with zero attached hydrogens (tertiary/aromatic N) is 5. The molecular formula is C34H38KN6O5. The molecule has 0 atom stereocenters. The number of H-pyrrole nitrogens is 1. The maximum Gasteiger partial charge on any atom is 0.439 e. The van der Waals surface area contributed by atoms with Crippen LogP contribution in [0, 0.1) is 0 Å². The molecule has 0 amide bonds. The van der Waals surface area contributed by atoms with Crippen LogP contribution < -0.4 is 11.3 Å². The quantitative estimate of drug-likeness (QED) is 0.211. The first-order chi connectivity index (χ1) is 21.9. The van der Waals surface area contributed by atoms with E-state index in [4.69, 9.17) is 9.26 Å². The molecule has 0 saturated heterocycles. The Morgan fingerprint density at radius 2 is 1.78 bits per heavy atom. The molecule has 3 heterocycles. The van der Waals surface area contributed by atoms with E-state index in [-0.39, 0.29) is 69.1 Å². The molecule has 0 spiro atoms. The molecule has 2 saturated carbocycles. The van der Waals surface area contributed by atoms with Crippen molar-refractivity contribution in [2.45, 2.75) is 88.9 Å². The summed E-state index contributed by atoms with van der Waals surface area (Å²) in [6.07, 6.45) is 9.69. The molecule has 2 N–H and O–H groups in total. The SMILES string of the molecule is CCCc1c(Cc2ccc(-c3ccccc3-c3noc(=O)[nH]3)cc2)c(=O)n(C2CCC(OCC3(O)CCC3)CC2)c2ncnn12.[K]. The number of aliphatic hydroxyl groups is 1. The fraction of sp³-hybridized carbons (Fsp3) is 0.441. The average molecular weight is 650 g/mol. The van der Waals surface area contributed by atoms with Gasteiger partial charge in [-0.2, -0.15) is 10.1 Å². The second-order valence-corrected chi connectivity index (χ2v) is 12.5. The van der Waals surface area contributed by atoms with Gasteiger partial charge in [-0.05, 0) is 68.1 Å². The van der Waals surface area contributed by atoms with Crippen LogP contribution in [0.2, 0.25) is 0 Å². The van der Waals surface area contributed by atoms with Gasteiger partial charge in [0.2, 0.25) is 5.78 Å². The predicted molar refractivity (Wildman–Crippen MR) is 174 cm³/mol. The normalized spacial score (nSPS) is 19.1. The zero-order valence-electron chi connectivity index (χ0n) is 26.4. The van der Waals surface area contributed by atoms with Crippen LogP contribution in [0.1, 0.15) is 81.2 Å². The second-order valence-electron chi connectivity index (χ2n) is 12.5.